The number of ether oxygens (including phenoxy) is 3. The van der Waals surface area contributed by atoms with Crippen molar-refractivity contribution >= 4 is 5.90 Å². The van der Waals surface area contributed by atoms with Crippen molar-refractivity contribution in [3.63, 3.8) is 0 Å². The Labute approximate surface area is 199 Å². The van der Waals surface area contributed by atoms with Crippen molar-refractivity contribution in [2.75, 3.05) is 6.61 Å². The first-order valence-electron chi connectivity index (χ1n) is 12.0. The minimum atomic E-state index is -0.621. The van der Waals surface area contributed by atoms with Crippen LogP contribution in [0, 0.1) is 0 Å². The Bertz CT molecular complexity index is 756. The van der Waals surface area contributed by atoms with Gasteiger partial charge in [0, 0.05) is 31.5 Å². The number of aliphatic hydroxyl groups is 2. The van der Waals surface area contributed by atoms with Crippen molar-refractivity contribution in [2.45, 2.75) is 104 Å². The summed E-state index contributed by atoms with van der Waals surface area (Å²) in [7, 11) is 0. The lowest BCUT2D eigenvalue weighted by molar-refractivity contribution is -0.191. The summed E-state index contributed by atoms with van der Waals surface area (Å²) in [5.74, 6) is 1.45. The highest BCUT2D eigenvalue weighted by molar-refractivity contribution is 5.79. The summed E-state index contributed by atoms with van der Waals surface area (Å²) >= 11 is 0. The topological polar surface area (TPSA) is 83.8 Å². The molecular formula is C26H42N2O5. The summed E-state index contributed by atoms with van der Waals surface area (Å²) in [5.41, 5.74) is 2.39. The van der Waals surface area contributed by atoms with Crippen molar-refractivity contribution in [2.24, 2.45) is 5.10 Å². The van der Waals surface area contributed by atoms with E-state index in [1.165, 1.54) is 11.1 Å². The van der Waals surface area contributed by atoms with E-state index in [1.54, 1.807) is 0 Å². The SMILES string of the molecule is C=CC/C(=C\C=C(/C)OC(C)CC)CC1=CN(C(C)C)N=C(OC2CC(O)CC(CO)O2)C1. The number of rotatable bonds is 11. The van der Waals surface area contributed by atoms with Gasteiger partial charge in [-0.2, -0.15) is 0 Å². The third-order valence-electron chi connectivity index (χ3n) is 5.64. The van der Waals surface area contributed by atoms with Crippen LogP contribution in [0.4, 0.5) is 0 Å². The van der Waals surface area contributed by atoms with Crippen LogP contribution in [0.25, 0.3) is 0 Å². The molecule has 2 N–H and O–H groups in total. The zero-order valence-corrected chi connectivity index (χ0v) is 20.9. The molecule has 4 unspecified atom stereocenters. The zero-order valence-electron chi connectivity index (χ0n) is 20.9. The highest BCUT2D eigenvalue weighted by Gasteiger charge is 2.31. The number of nitrogens with zero attached hydrogens (tertiary/aromatic N) is 2. The highest BCUT2D eigenvalue weighted by atomic mass is 16.7. The van der Waals surface area contributed by atoms with Gasteiger partial charge in [0.15, 0.2) is 0 Å². The minimum absolute atomic E-state index is 0.143. The lowest BCUT2D eigenvalue weighted by atomic mass is 9.99. The predicted octanol–water partition coefficient (Wildman–Crippen LogP) is 4.78. The molecule has 2 rings (SSSR count). The van der Waals surface area contributed by atoms with Crippen LogP contribution >= 0.6 is 0 Å². The Hall–Kier alpha value is -2.09. The van der Waals surface area contributed by atoms with Gasteiger partial charge in [0.05, 0.1) is 30.7 Å². The van der Waals surface area contributed by atoms with Gasteiger partial charge in [-0.15, -0.1) is 11.7 Å². The van der Waals surface area contributed by atoms with Crippen LogP contribution in [0.3, 0.4) is 0 Å². The molecule has 0 radical (unpaired) electrons. The zero-order chi connectivity index (χ0) is 24.4. The second-order valence-electron chi connectivity index (χ2n) is 9.15. The van der Waals surface area contributed by atoms with Crippen molar-refractivity contribution in [1.29, 1.82) is 0 Å². The predicted molar refractivity (Wildman–Crippen MR) is 131 cm³/mol. The monoisotopic (exact) mass is 462 g/mol. The summed E-state index contributed by atoms with van der Waals surface area (Å²) in [6.45, 7) is 14.1. The maximum absolute atomic E-state index is 10.1. The van der Waals surface area contributed by atoms with Crippen molar-refractivity contribution in [1.82, 2.24) is 5.01 Å². The number of hydrazone groups is 1. The summed E-state index contributed by atoms with van der Waals surface area (Å²) < 4.78 is 17.7. The minimum Gasteiger partial charge on any atom is -0.495 e. The molecule has 4 atom stereocenters. The maximum Gasteiger partial charge on any atom is 0.213 e. The van der Waals surface area contributed by atoms with Crippen LogP contribution in [-0.2, 0) is 14.2 Å². The molecule has 0 saturated carbocycles. The smallest absolute Gasteiger partial charge is 0.213 e. The van der Waals surface area contributed by atoms with Crippen LogP contribution in [0.15, 0.2) is 53.0 Å². The Morgan fingerprint density at radius 3 is 2.73 bits per heavy atom. The van der Waals surface area contributed by atoms with Crippen LogP contribution < -0.4 is 0 Å². The molecule has 0 amide bonds. The second-order valence-corrected chi connectivity index (χ2v) is 9.15. The molecule has 0 aromatic heterocycles. The fraction of sp³-hybridized carbons (Fsp3) is 0.654. The fourth-order valence-corrected chi connectivity index (χ4v) is 3.70. The van der Waals surface area contributed by atoms with Crippen LogP contribution in [-0.4, -0.2) is 58.4 Å². The Balaban J connectivity index is 2.11. The van der Waals surface area contributed by atoms with E-state index in [1.807, 2.05) is 24.1 Å². The first kappa shape index (κ1) is 27.2. The highest BCUT2D eigenvalue weighted by Crippen LogP contribution is 2.27. The van der Waals surface area contributed by atoms with E-state index >= 15 is 0 Å². The Kier molecular flexibility index (Phi) is 11.2. The molecule has 0 aromatic carbocycles. The Morgan fingerprint density at radius 1 is 1.33 bits per heavy atom. The molecule has 1 fully saturated rings. The van der Waals surface area contributed by atoms with E-state index in [2.05, 4.69) is 51.7 Å². The van der Waals surface area contributed by atoms with Crippen LogP contribution in [0.2, 0.25) is 0 Å². The maximum atomic E-state index is 10.1. The largest absolute Gasteiger partial charge is 0.495 e. The lowest BCUT2D eigenvalue weighted by Crippen LogP contribution is -2.40. The average Bonchev–Trinajstić information content (AvgIpc) is 2.76. The van der Waals surface area contributed by atoms with E-state index in [4.69, 9.17) is 14.2 Å². The lowest BCUT2D eigenvalue weighted by Gasteiger charge is -2.34. The summed E-state index contributed by atoms with van der Waals surface area (Å²) in [5, 5.41) is 26.0. The van der Waals surface area contributed by atoms with Gasteiger partial charge >= 0.3 is 0 Å². The number of aliphatic hydroxyl groups excluding tert-OH is 2. The molecule has 186 valence electrons. The molecular weight excluding hydrogens is 420 g/mol. The first-order chi connectivity index (χ1) is 15.7. The van der Waals surface area contributed by atoms with E-state index in [9.17, 15) is 10.2 Å². The first-order valence-corrected chi connectivity index (χ1v) is 12.0. The van der Waals surface area contributed by atoms with E-state index < -0.39 is 18.5 Å². The molecule has 1 saturated heterocycles. The average molecular weight is 463 g/mol. The third kappa shape index (κ3) is 9.35. The molecule has 2 heterocycles. The molecule has 0 aliphatic carbocycles. The quantitative estimate of drug-likeness (QED) is 0.261. The second kappa shape index (κ2) is 13.6. The molecule has 0 bridgehead atoms. The van der Waals surface area contributed by atoms with Gasteiger partial charge in [-0.1, -0.05) is 24.6 Å². The van der Waals surface area contributed by atoms with Crippen molar-refractivity contribution < 1.29 is 24.4 Å². The van der Waals surface area contributed by atoms with Crippen molar-refractivity contribution in [3.8, 4) is 0 Å². The van der Waals surface area contributed by atoms with Gasteiger partial charge in [-0.3, -0.25) is 5.01 Å². The van der Waals surface area contributed by atoms with Gasteiger partial charge in [-0.25, -0.2) is 0 Å². The molecule has 0 aromatic rings. The fourth-order valence-electron chi connectivity index (χ4n) is 3.70. The summed E-state index contributed by atoms with van der Waals surface area (Å²) in [6.07, 6.45) is 10.5. The summed E-state index contributed by atoms with van der Waals surface area (Å²) in [6, 6.07) is 0.167. The van der Waals surface area contributed by atoms with Gasteiger partial charge in [0.25, 0.3) is 0 Å². The molecule has 7 nitrogen and oxygen atoms in total. The van der Waals surface area contributed by atoms with Crippen LogP contribution in [0.5, 0.6) is 0 Å². The number of hydrogen-bond acceptors (Lipinski definition) is 7. The van der Waals surface area contributed by atoms with E-state index in [-0.39, 0.29) is 18.8 Å². The van der Waals surface area contributed by atoms with Gasteiger partial charge in [-0.05, 0) is 58.6 Å². The molecule has 2 aliphatic heterocycles. The Morgan fingerprint density at radius 2 is 2.09 bits per heavy atom. The molecule has 7 heteroatoms. The molecule has 0 spiro atoms. The van der Waals surface area contributed by atoms with Gasteiger partial charge < -0.3 is 24.4 Å². The standard InChI is InChI=1S/C26H42N2O5/c1-7-9-21(11-10-20(6)31-19(5)8-2)12-22-13-25(27-28(16-22)18(3)4)33-26-15-23(30)14-24(17-29)32-26/h7,10-11,16,18-19,23-24,26,29-30H,1,8-9,12-15,17H2,2-6H3/b20-10+,21-11+. The summed E-state index contributed by atoms with van der Waals surface area (Å²) in [4.78, 5) is 0. The number of allylic oxidation sites excluding steroid dienone is 5. The van der Waals surface area contributed by atoms with E-state index in [0.717, 1.165) is 25.0 Å². The van der Waals surface area contributed by atoms with Gasteiger partial charge in [0.1, 0.15) is 0 Å². The van der Waals surface area contributed by atoms with Crippen molar-refractivity contribution in [3.05, 3.63) is 47.9 Å². The van der Waals surface area contributed by atoms with Gasteiger partial charge in [0.2, 0.25) is 12.2 Å². The normalized spacial score (nSPS) is 25.5. The number of hydrogen-bond donors (Lipinski definition) is 2. The third-order valence-corrected chi connectivity index (χ3v) is 5.64. The molecule has 2 aliphatic rings. The molecule has 33 heavy (non-hydrogen) atoms. The van der Waals surface area contributed by atoms with Crippen LogP contribution in [0.1, 0.15) is 73.1 Å². The van der Waals surface area contributed by atoms with E-state index in [0.29, 0.717) is 25.2 Å².